The second-order valence-corrected chi connectivity index (χ2v) is 18.4. The van der Waals surface area contributed by atoms with Gasteiger partial charge in [0, 0.05) is 37.7 Å². The van der Waals surface area contributed by atoms with E-state index in [9.17, 15) is 58.2 Å². The Morgan fingerprint density at radius 3 is 2.20 bits per heavy atom. The molecule has 3 rings (SSSR count). The molecular formula is C47H73N11O13. The highest BCUT2D eigenvalue weighted by Gasteiger charge is 2.47. The maximum absolute atomic E-state index is 14.9. The molecule has 2 aliphatic heterocycles. The number of aliphatic carboxylic acids is 1. The van der Waals surface area contributed by atoms with Gasteiger partial charge in [-0.2, -0.15) is 0 Å². The molecule has 0 aliphatic carbocycles. The molecule has 2 aliphatic rings. The summed E-state index contributed by atoms with van der Waals surface area (Å²) in [5, 5.41) is 33.7. The number of Topliss-reactive ketones (excluding diaryl/α,β-unsaturated/α-hetero) is 1. The number of piperidine rings is 1. The summed E-state index contributed by atoms with van der Waals surface area (Å²) in [5.74, 6) is -11.6. The zero-order valence-corrected chi connectivity index (χ0v) is 41.6. The Bertz CT molecular complexity index is 2130. The van der Waals surface area contributed by atoms with Crippen LogP contribution in [0, 0.1) is 11.8 Å². The monoisotopic (exact) mass is 1000 g/mol. The molecule has 2 fully saturated rings. The number of carbonyl (C=O) groups excluding carboxylic acids is 9. The number of benzene rings is 1. The van der Waals surface area contributed by atoms with Crippen LogP contribution in [-0.4, -0.2) is 153 Å². The number of nitrogens with zero attached hydrogens (tertiary/aromatic N) is 3. The quantitative estimate of drug-likeness (QED) is 0.0202. The Morgan fingerprint density at radius 1 is 0.915 bits per heavy atom. The number of carboxylic acid groups (broad SMARTS) is 1. The third-order valence-electron chi connectivity index (χ3n) is 12.6. The summed E-state index contributed by atoms with van der Waals surface area (Å²) < 4.78 is 5.79. The number of fused-ring (bicyclic) bond motifs is 2. The minimum Gasteiger partial charge on any atom is -0.481 e. The first-order valence-corrected chi connectivity index (χ1v) is 24.1. The van der Waals surface area contributed by atoms with Gasteiger partial charge < -0.3 is 68.5 Å². The van der Waals surface area contributed by atoms with Crippen LogP contribution >= 0.6 is 0 Å². The summed E-state index contributed by atoms with van der Waals surface area (Å²) in [6, 6.07) is -5.17. The highest BCUT2D eigenvalue weighted by Crippen LogP contribution is 2.28. The minimum absolute atomic E-state index is 0.0207. The molecule has 7 amide bonds. The highest BCUT2D eigenvalue weighted by molar-refractivity contribution is 6.05. The molecule has 2 bridgehead atoms. The third kappa shape index (κ3) is 16.6. The molecule has 0 radical (unpaired) electrons. The average molecular weight is 1000 g/mol. The maximum Gasteiger partial charge on any atom is 0.329 e. The van der Waals surface area contributed by atoms with Crippen LogP contribution in [0.5, 0.6) is 0 Å². The number of ether oxygens (including phenoxy) is 1. The number of para-hydroxylation sites is 1. The first-order valence-electron chi connectivity index (χ1n) is 24.1. The summed E-state index contributed by atoms with van der Waals surface area (Å²) in [5.41, 5.74) is 17.3. The van der Waals surface area contributed by atoms with Crippen LogP contribution in [0.1, 0.15) is 123 Å². The first-order chi connectivity index (χ1) is 33.4. The fraction of sp³-hybridized carbons (Fsp3) is 0.638. The van der Waals surface area contributed by atoms with Crippen LogP contribution in [-0.2, 0) is 47.9 Å². The lowest BCUT2D eigenvalue weighted by Gasteiger charge is -2.44. The van der Waals surface area contributed by atoms with Crippen LogP contribution in [0.25, 0.3) is 0 Å². The van der Waals surface area contributed by atoms with Crippen molar-refractivity contribution in [1.82, 2.24) is 36.4 Å². The number of hydrogen-bond donors (Lipinski definition) is 10. The molecule has 2 heterocycles. The standard InChI is InChI=1S/C47H73N11O13/c1-8-10-11-18-34(60)52-31(22-36(62)63)41(65)56-38-26(6)71-46(70)37(24(3)4)55-42(66)32(23-33(59)27-15-12-13-16-28(27)48)57(7)45(69)39(25(5)9-2)58-35(61)20-19-30(44(58)68)54-40(64)29(53-43(38)67)17-14-21-51-47(49)50/h12-13,15-16,24-26,29-32,35,37-39,61H,8-11,14,17-23,48H2,1-7H3,(H,52,60)(H,53,67)(H,54,64)(H,55,66)(H,56,65)(H,62,63)(H4,49,50,51)/t25-,26-,29-,30-,31-,32-,35+,37-,38-,39-/m0/s1. The van der Waals surface area contributed by atoms with Crippen molar-refractivity contribution in [3.05, 3.63) is 29.8 Å². The number of rotatable bonds is 19. The number of ketones is 1. The molecule has 10 atom stereocenters. The number of guanidine groups is 1. The van der Waals surface area contributed by atoms with E-state index in [-0.39, 0.29) is 62.3 Å². The van der Waals surface area contributed by atoms with Crippen molar-refractivity contribution >= 4 is 70.7 Å². The second kappa shape index (κ2) is 27.5. The number of esters is 1. The molecule has 24 nitrogen and oxygen atoms in total. The molecule has 1 aromatic carbocycles. The summed E-state index contributed by atoms with van der Waals surface area (Å²) >= 11 is 0. The summed E-state index contributed by atoms with van der Waals surface area (Å²) in [6.07, 6.45) is -3.03. The number of amides is 7. The highest BCUT2D eigenvalue weighted by atomic mass is 16.5. The van der Waals surface area contributed by atoms with Gasteiger partial charge in [0.1, 0.15) is 54.6 Å². The van der Waals surface area contributed by atoms with Gasteiger partial charge in [-0.25, -0.2) is 4.79 Å². The lowest BCUT2D eigenvalue weighted by Crippen LogP contribution is -2.66. The number of hydrogen-bond acceptors (Lipinski definition) is 14. The molecule has 24 heteroatoms. The number of likely N-dealkylation sites (N-methyl/N-ethyl adjacent to an activating group) is 1. The number of nitrogen functional groups attached to an aromatic ring is 1. The number of carboxylic acids is 1. The molecular weight excluding hydrogens is 927 g/mol. The van der Waals surface area contributed by atoms with E-state index in [2.05, 4.69) is 31.6 Å². The van der Waals surface area contributed by atoms with E-state index in [4.69, 9.17) is 21.9 Å². The van der Waals surface area contributed by atoms with E-state index in [1.165, 1.54) is 26.1 Å². The molecule has 0 aromatic heterocycles. The molecule has 0 unspecified atom stereocenters. The number of carbonyl (C=O) groups is 10. The second-order valence-electron chi connectivity index (χ2n) is 18.4. The van der Waals surface area contributed by atoms with Crippen molar-refractivity contribution in [2.24, 2.45) is 28.3 Å². The van der Waals surface area contributed by atoms with Gasteiger partial charge in [-0.05, 0) is 63.0 Å². The van der Waals surface area contributed by atoms with E-state index in [1.807, 2.05) is 6.92 Å². The van der Waals surface area contributed by atoms with Gasteiger partial charge in [0.2, 0.25) is 41.4 Å². The number of unbranched alkanes of at least 4 members (excludes halogenated alkanes) is 2. The molecule has 2 saturated heterocycles. The number of anilines is 1. The van der Waals surface area contributed by atoms with Crippen molar-refractivity contribution in [3.63, 3.8) is 0 Å². The van der Waals surface area contributed by atoms with E-state index in [0.29, 0.717) is 12.8 Å². The lowest BCUT2D eigenvalue weighted by atomic mass is 9.91. The molecule has 13 N–H and O–H groups in total. The number of nitrogens with two attached hydrogens (primary N) is 3. The summed E-state index contributed by atoms with van der Waals surface area (Å²) in [7, 11) is 1.24. The van der Waals surface area contributed by atoms with Crippen molar-refractivity contribution in [3.8, 4) is 0 Å². The van der Waals surface area contributed by atoms with Gasteiger partial charge >= 0.3 is 11.9 Å². The van der Waals surface area contributed by atoms with Gasteiger partial charge in [-0.1, -0.05) is 66.0 Å². The van der Waals surface area contributed by atoms with Crippen molar-refractivity contribution in [2.45, 2.75) is 167 Å². The fourth-order valence-electron chi connectivity index (χ4n) is 8.24. The Balaban J connectivity index is 2.26. The Morgan fingerprint density at radius 2 is 1.59 bits per heavy atom. The first kappa shape index (κ1) is 58.5. The smallest absolute Gasteiger partial charge is 0.329 e. The Labute approximate surface area is 413 Å². The Kier molecular flexibility index (Phi) is 22.7. The molecule has 0 spiro atoms. The predicted molar refractivity (Wildman–Crippen MR) is 258 cm³/mol. The van der Waals surface area contributed by atoms with Gasteiger partial charge in [0.05, 0.1) is 6.42 Å². The number of aliphatic imine (C=N–C) groups is 1. The zero-order chi connectivity index (χ0) is 53.3. The predicted octanol–water partition coefficient (Wildman–Crippen LogP) is -0.842. The van der Waals surface area contributed by atoms with Gasteiger partial charge in [-0.15, -0.1) is 0 Å². The van der Waals surface area contributed by atoms with Crippen LogP contribution < -0.4 is 43.8 Å². The van der Waals surface area contributed by atoms with Crippen LogP contribution in [0.15, 0.2) is 29.3 Å². The van der Waals surface area contributed by atoms with E-state index < -0.39 is 138 Å². The number of aliphatic hydroxyl groups is 1. The zero-order valence-electron chi connectivity index (χ0n) is 41.6. The van der Waals surface area contributed by atoms with E-state index in [0.717, 1.165) is 16.2 Å². The van der Waals surface area contributed by atoms with Crippen molar-refractivity contribution in [1.29, 1.82) is 0 Å². The van der Waals surface area contributed by atoms with Crippen LogP contribution in [0.4, 0.5) is 5.69 Å². The fourth-order valence-corrected chi connectivity index (χ4v) is 8.24. The number of aliphatic hydroxyl groups excluding tert-OH is 1. The van der Waals surface area contributed by atoms with Crippen molar-refractivity contribution < 1.29 is 62.9 Å². The van der Waals surface area contributed by atoms with Crippen LogP contribution in [0.3, 0.4) is 0 Å². The maximum atomic E-state index is 14.9. The summed E-state index contributed by atoms with van der Waals surface area (Å²) in [6.45, 7) is 9.57. The van der Waals surface area contributed by atoms with Gasteiger partial charge in [0.25, 0.3) is 0 Å². The SMILES string of the molecule is CCCCCC(=O)N[C@@H](CC(=O)O)C(=O)N[C@@H]1C(=O)N[C@@H](CCCN=C(N)N)C(=O)N[C@H]2CC[C@@H](O)N(C2=O)[C@@H]([C@@H](C)CC)C(=O)N(C)[C@@H](CC(=O)c2ccccc2N)C(=O)N[C@@H](C(C)C)C(=O)O[C@H]1C. The average Bonchev–Trinajstić information content (AvgIpc) is 3.30. The lowest BCUT2D eigenvalue weighted by molar-refractivity contribution is -0.168. The largest absolute Gasteiger partial charge is 0.481 e. The molecule has 394 valence electrons. The normalized spacial score (nSPS) is 24.7. The van der Waals surface area contributed by atoms with Crippen LogP contribution in [0.2, 0.25) is 0 Å². The molecule has 71 heavy (non-hydrogen) atoms. The minimum atomic E-state index is -1.91. The number of cyclic esters (lactones) is 1. The van der Waals surface area contributed by atoms with E-state index in [1.54, 1.807) is 39.8 Å². The van der Waals surface area contributed by atoms with E-state index >= 15 is 0 Å². The third-order valence-corrected chi connectivity index (χ3v) is 12.6. The van der Waals surface area contributed by atoms with Gasteiger partial charge in [-0.3, -0.25) is 48.1 Å². The topological polar surface area (TPSA) is 377 Å². The van der Waals surface area contributed by atoms with Crippen molar-refractivity contribution in [2.75, 3.05) is 19.3 Å². The molecule has 0 saturated carbocycles. The Hall–Kier alpha value is -6.85. The van der Waals surface area contributed by atoms with Gasteiger partial charge in [0.15, 0.2) is 11.7 Å². The summed E-state index contributed by atoms with van der Waals surface area (Å²) in [4.78, 5) is 146. The molecule has 1 aromatic rings. The number of nitrogens with one attached hydrogen (secondary N) is 5.